The molecule has 3 atom stereocenters. The van der Waals surface area contributed by atoms with Crippen molar-refractivity contribution < 1.29 is 18.9 Å². The lowest BCUT2D eigenvalue weighted by Crippen LogP contribution is -2.55. The average Bonchev–Trinajstić information content (AvgIpc) is 2.85. The van der Waals surface area contributed by atoms with E-state index in [9.17, 15) is 5.21 Å². The second-order valence-corrected chi connectivity index (χ2v) is 8.02. The zero-order valence-electron chi connectivity index (χ0n) is 18.3. The first-order valence-corrected chi connectivity index (χ1v) is 11.0. The Balaban J connectivity index is 1.52. The van der Waals surface area contributed by atoms with Crippen LogP contribution in [0.25, 0.3) is 0 Å². The second kappa shape index (κ2) is 11.0. The third kappa shape index (κ3) is 5.82. The van der Waals surface area contributed by atoms with E-state index in [1.54, 1.807) is 0 Å². The van der Waals surface area contributed by atoms with Gasteiger partial charge in [0.2, 0.25) is 0 Å². The van der Waals surface area contributed by atoms with Gasteiger partial charge in [0.25, 0.3) is 0 Å². The van der Waals surface area contributed by atoms with Gasteiger partial charge in [-0.05, 0) is 16.7 Å². The Labute approximate surface area is 189 Å². The predicted molar refractivity (Wildman–Crippen MR) is 124 cm³/mol. The minimum atomic E-state index is -0.494. The zero-order valence-corrected chi connectivity index (χ0v) is 18.3. The van der Waals surface area contributed by atoms with Crippen molar-refractivity contribution in [2.24, 2.45) is 0 Å². The molecule has 0 aromatic heterocycles. The molecule has 0 spiro atoms. The van der Waals surface area contributed by atoms with Crippen LogP contribution in [0.3, 0.4) is 0 Å². The minimum Gasteiger partial charge on any atom is -0.624 e. The Kier molecular flexibility index (Phi) is 7.67. The third-order valence-electron chi connectivity index (χ3n) is 5.68. The lowest BCUT2D eigenvalue weighted by atomic mass is 9.99. The van der Waals surface area contributed by atoms with E-state index in [0.29, 0.717) is 25.5 Å². The fraction of sp³-hybridized carbons (Fsp3) is 0.296. The first-order chi connectivity index (χ1) is 15.7. The highest BCUT2D eigenvalue weighted by molar-refractivity contribution is 5.83. The molecule has 0 N–H and O–H groups in total. The van der Waals surface area contributed by atoms with Crippen LogP contribution >= 0.6 is 0 Å². The van der Waals surface area contributed by atoms with Crippen LogP contribution in [0.5, 0.6) is 0 Å². The summed E-state index contributed by atoms with van der Waals surface area (Å²) in [6, 6.07) is 29.9. The Morgan fingerprint density at radius 3 is 1.62 bits per heavy atom. The SMILES string of the molecule is CC1=[N+]([O-])C[C@@H](OCc2ccccc2)[C@@H](OCc2ccccc2)[C@@H]1OCc1ccccc1. The van der Waals surface area contributed by atoms with Crippen LogP contribution in [0, 0.1) is 5.21 Å². The topological polar surface area (TPSA) is 53.8 Å². The molecule has 1 aliphatic heterocycles. The summed E-state index contributed by atoms with van der Waals surface area (Å²) >= 11 is 0. The van der Waals surface area contributed by atoms with E-state index in [1.165, 1.54) is 0 Å². The summed E-state index contributed by atoms with van der Waals surface area (Å²) in [5, 5.41) is 12.7. The Bertz CT molecular complexity index is 992. The zero-order chi connectivity index (χ0) is 22.2. The number of benzene rings is 3. The van der Waals surface area contributed by atoms with Gasteiger partial charge in [0.05, 0.1) is 19.8 Å². The average molecular weight is 432 g/mol. The maximum atomic E-state index is 12.7. The van der Waals surface area contributed by atoms with Crippen LogP contribution in [0.1, 0.15) is 23.6 Å². The molecule has 0 radical (unpaired) electrons. The molecule has 32 heavy (non-hydrogen) atoms. The lowest BCUT2D eigenvalue weighted by molar-refractivity contribution is -0.488. The fourth-order valence-electron chi connectivity index (χ4n) is 3.85. The molecule has 0 amide bonds. The number of rotatable bonds is 9. The summed E-state index contributed by atoms with van der Waals surface area (Å²) in [5.74, 6) is 0. The van der Waals surface area contributed by atoms with E-state index < -0.39 is 18.3 Å². The number of ether oxygens (including phenoxy) is 3. The van der Waals surface area contributed by atoms with Crippen LogP contribution in [0.15, 0.2) is 91.0 Å². The van der Waals surface area contributed by atoms with Crippen LogP contribution in [-0.4, -0.2) is 35.3 Å². The summed E-state index contributed by atoms with van der Waals surface area (Å²) in [6.45, 7) is 3.26. The molecule has 3 aromatic carbocycles. The van der Waals surface area contributed by atoms with Gasteiger partial charge in [0.1, 0.15) is 12.2 Å². The molecule has 0 aliphatic carbocycles. The molecule has 1 heterocycles. The molecular weight excluding hydrogens is 402 g/mol. The Morgan fingerprint density at radius 2 is 1.12 bits per heavy atom. The van der Waals surface area contributed by atoms with Crippen molar-refractivity contribution in [1.29, 1.82) is 0 Å². The van der Waals surface area contributed by atoms with Crippen molar-refractivity contribution in [3.63, 3.8) is 0 Å². The fourth-order valence-corrected chi connectivity index (χ4v) is 3.85. The third-order valence-corrected chi connectivity index (χ3v) is 5.68. The normalized spacial score (nSPS) is 21.0. The molecule has 1 aliphatic rings. The van der Waals surface area contributed by atoms with Gasteiger partial charge in [0.15, 0.2) is 18.4 Å². The first-order valence-electron chi connectivity index (χ1n) is 11.0. The second-order valence-electron chi connectivity index (χ2n) is 8.02. The van der Waals surface area contributed by atoms with Gasteiger partial charge < -0.3 is 19.4 Å². The summed E-state index contributed by atoms with van der Waals surface area (Å²) in [5.41, 5.74) is 3.78. The van der Waals surface area contributed by atoms with Crippen LogP contribution in [0.2, 0.25) is 0 Å². The molecule has 0 fully saturated rings. The van der Waals surface area contributed by atoms with E-state index in [1.807, 2.05) is 97.9 Å². The quantitative estimate of drug-likeness (QED) is 0.363. The number of hydroxylamine groups is 1. The predicted octanol–water partition coefficient (Wildman–Crippen LogP) is 4.73. The van der Waals surface area contributed by atoms with Crippen molar-refractivity contribution in [3.05, 3.63) is 113 Å². The van der Waals surface area contributed by atoms with Gasteiger partial charge in [-0.25, -0.2) is 4.74 Å². The van der Waals surface area contributed by atoms with Crippen molar-refractivity contribution in [2.45, 2.75) is 45.1 Å². The Hall–Kier alpha value is -2.99. The van der Waals surface area contributed by atoms with Crippen LogP contribution in [0.4, 0.5) is 0 Å². The molecule has 0 saturated heterocycles. The molecule has 0 unspecified atom stereocenters. The minimum absolute atomic E-state index is 0.212. The molecule has 3 aromatic rings. The van der Waals surface area contributed by atoms with E-state index in [2.05, 4.69) is 0 Å². The maximum absolute atomic E-state index is 12.7. The van der Waals surface area contributed by atoms with Crippen molar-refractivity contribution >= 4 is 5.71 Å². The Morgan fingerprint density at radius 1 is 0.688 bits per heavy atom. The highest BCUT2D eigenvalue weighted by atomic mass is 16.6. The van der Waals surface area contributed by atoms with Gasteiger partial charge in [-0.15, -0.1) is 0 Å². The molecule has 5 heteroatoms. The molecule has 4 rings (SSSR count). The summed E-state index contributed by atoms with van der Waals surface area (Å²) in [7, 11) is 0. The van der Waals surface area contributed by atoms with E-state index >= 15 is 0 Å². The van der Waals surface area contributed by atoms with E-state index in [0.717, 1.165) is 21.4 Å². The number of nitrogens with zero attached hydrogens (tertiary/aromatic N) is 1. The van der Waals surface area contributed by atoms with Gasteiger partial charge in [-0.1, -0.05) is 91.0 Å². The first kappa shape index (κ1) is 22.2. The molecular formula is C27H29NO4. The molecule has 0 bridgehead atoms. The maximum Gasteiger partial charge on any atom is 0.192 e. The molecule has 0 saturated carbocycles. The van der Waals surface area contributed by atoms with Crippen LogP contribution in [-0.2, 0) is 34.0 Å². The smallest absolute Gasteiger partial charge is 0.192 e. The van der Waals surface area contributed by atoms with Crippen molar-refractivity contribution in [1.82, 2.24) is 0 Å². The van der Waals surface area contributed by atoms with Crippen molar-refractivity contribution in [3.8, 4) is 0 Å². The summed E-state index contributed by atoms with van der Waals surface area (Å²) < 4.78 is 19.8. The summed E-state index contributed by atoms with van der Waals surface area (Å²) in [4.78, 5) is 0. The summed E-state index contributed by atoms with van der Waals surface area (Å²) in [6.07, 6.45) is -1.31. The van der Waals surface area contributed by atoms with E-state index in [4.69, 9.17) is 14.2 Å². The lowest BCUT2D eigenvalue weighted by Gasteiger charge is -2.36. The van der Waals surface area contributed by atoms with Crippen LogP contribution < -0.4 is 0 Å². The highest BCUT2D eigenvalue weighted by Crippen LogP contribution is 2.23. The highest BCUT2D eigenvalue weighted by Gasteiger charge is 2.43. The number of hydrogen-bond acceptors (Lipinski definition) is 4. The van der Waals surface area contributed by atoms with Gasteiger partial charge in [-0.3, -0.25) is 0 Å². The van der Waals surface area contributed by atoms with Crippen molar-refractivity contribution in [2.75, 3.05) is 6.54 Å². The van der Waals surface area contributed by atoms with Gasteiger partial charge in [-0.2, -0.15) is 0 Å². The molecule has 5 nitrogen and oxygen atoms in total. The molecule has 166 valence electrons. The van der Waals surface area contributed by atoms with E-state index in [-0.39, 0.29) is 6.54 Å². The monoisotopic (exact) mass is 431 g/mol. The van der Waals surface area contributed by atoms with Gasteiger partial charge in [0, 0.05) is 6.92 Å². The standard InChI is InChI=1S/C27H29NO4/c1-21-26(31-19-23-13-7-3-8-14-23)27(32-20-24-15-9-4-10-16-24)25(17-28(21)29)30-18-22-11-5-2-6-12-22/h2-16,25-27H,17-20H2,1H3/t25-,26-,27-/m1/s1. The number of hydrogen-bond donors (Lipinski definition) is 0. The van der Waals surface area contributed by atoms with Gasteiger partial charge >= 0.3 is 0 Å². The largest absolute Gasteiger partial charge is 0.624 e.